The zero-order valence-corrected chi connectivity index (χ0v) is 19.5. The molecule has 1 aliphatic heterocycles. The van der Waals surface area contributed by atoms with E-state index < -0.39 is 10.0 Å². The molecule has 31 heavy (non-hydrogen) atoms. The molecule has 1 N–H and O–H groups in total. The summed E-state index contributed by atoms with van der Waals surface area (Å²) in [5, 5.41) is 2.84. The summed E-state index contributed by atoms with van der Waals surface area (Å²) in [6.45, 7) is 6.93. The Bertz CT molecular complexity index is 1070. The molecule has 0 saturated carbocycles. The quantitative estimate of drug-likeness (QED) is 0.690. The second-order valence-corrected chi connectivity index (χ2v) is 9.93. The lowest BCUT2D eigenvalue weighted by atomic mass is 9.96. The smallest absolute Gasteiger partial charge is 0.256 e. The summed E-state index contributed by atoms with van der Waals surface area (Å²) in [7, 11) is -0.522. The third-order valence-corrected chi connectivity index (χ3v) is 7.46. The number of hydrogen-bond acceptors (Lipinski definition) is 5. The van der Waals surface area contributed by atoms with E-state index in [-0.39, 0.29) is 16.7 Å². The van der Waals surface area contributed by atoms with Crippen LogP contribution < -0.4 is 14.8 Å². The largest absolute Gasteiger partial charge is 0.496 e. The number of rotatable bonds is 7. The van der Waals surface area contributed by atoms with Crippen LogP contribution in [0, 0.1) is 6.92 Å². The molecule has 0 aromatic heterocycles. The Morgan fingerprint density at radius 3 is 2.26 bits per heavy atom. The number of nitrogens with one attached hydrogen (secondary N) is 1. The van der Waals surface area contributed by atoms with E-state index in [9.17, 15) is 13.2 Å². The molecule has 1 heterocycles. The Morgan fingerprint density at radius 2 is 1.68 bits per heavy atom. The first-order valence-electron chi connectivity index (χ1n) is 10.4. The van der Waals surface area contributed by atoms with Crippen molar-refractivity contribution in [1.82, 2.24) is 4.31 Å². The summed E-state index contributed by atoms with van der Waals surface area (Å²) in [6, 6.07) is 8.21. The van der Waals surface area contributed by atoms with Gasteiger partial charge in [0.2, 0.25) is 10.0 Å². The first kappa shape index (κ1) is 23.1. The fourth-order valence-electron chi connectivity index (χ4n) is 3.78. The van der Waals surface area contributed by atoms with Gasteiger partial charge in [0.1, 0.15) is 11.5 Å². The highest BCUT2D eigenvalue weighted by molar-refractivity contribution is 7.89. The van der Waals surface area contributed by atoms with E-state index in [1.54, 1.807) is 13.2 Å². The molecular formula is C23H30N2O5S. The van der Waals surface area contributed by atoms with Crippen LogP contribution in [0.25, 0.3) is 0 Å². The van der Waals surface area contributed by atoms with E-state index in [1.165, 1.54) is 23.5 Å². The van der Waals surface area contributed by atoms with Crippen molar-refractivity contribution in [3.05, 3.63) is 47.0 Å². The number of anilines is 1. The maximum absolute atomic E-state index is 13.1. The number of ether oxygens (including phenoxy) is 2. The molecule has 2 aromatic rings. The van der Waals surface area contributed by atoms with E-state index in [0.29, 0.717) is 30.1 Å². The predicted octanol–water partition coefficient (Wildman–Crippen LogP) is 4.17. The molecular weight excluding hydrogens is 416 g/mol. The zero-order chi connectivity index (χ0) is 22.8. The minimum Gasteiger partial charge on any atom is -0.496 e. The lowest BCUT2D eigenvalue weighted by Crippen LogP contribution is -2.28. The van der Waals surface area contributed by atoms with Crippen molar-refractivity contribution in [2.75, 3.05) is 32.6 Å². The molecule has 3 rings (SSSR count). The van der Waals surface area contributed by atoms with Crippen LogP contribution in [0.1, 0.15) is 54.1 Å². The third kappa shape index (κ3) is 4.70. The standard InChI is InChI=1S/C23H30N2O5S/c1-15(2)18-14-19(16(3)12-22(18)30-5)23(26)24-20-13-17(8-9-21(20)29-4)31(27,28)25-10-6-7-11-25/h8-9,12-15H,6-7,10-11H2,1-5H3,(H,24,26). The molecule has 0 atom stereocenters. The van der Waals surface area contributed by atoms with Crippen LogP contribution in [0.15, 0.2) is 35.2 Å². The Kier molecular flexibility index (Phi) is 6.91. The predicted molar refractivity (Wildman–Crippen MR) is 121 cm³/mol. The van der Waals surface area contributed by atoms with Gasteiger partial charge in [-0.05, 0) is 67.1 Å². The van der Waals surface area contributed by atoms with E-state index in [0.717, 1.165) is 29.7 Å². The Balaban J connectivity index is 1.97. The Hall–Kier alpha value is -2.58. The van der Waals surface area contributed by atoms with E-state index in [1.807, 2.05) is 32.9 Å². The van der Waals surface area contributed by atoms with Gasteiger partial charge in [0, 0.05) is 18.7 Å². The van der Waals surface area contributed by atoms with Crippen molar-refractivity contribution in [2.45, 2.75) is 44.4 Å². The van der Waals surface area contributed by atoms with Gasteiger partial charge in [0.15, 0.2) is 0 Å². The van der Waals surface area contributed by atoms with Gasteiger partial charge in [-0.3, -0.25) is 4.79 Å². The van der Waals surface area contributed by atoms with Crippen molar-refractivity contribution in [3.8, 4) is 11.5 Å². The van der Waals surface area contributed by atoms with Crippen LogP contribution in [-0.4, -0.2) is 45.9 Å². The first-order chi connectivity index (χ1) is 14.7. The normalized spacial score (nSPS) is 14.6. The van der Waals surface area contributed by atoms with Crippen LogP contribution in [0.3, 0.4) is 0 Å². The highest BCUT2D eigenvalue weighted by Gasteiger charge is 2.28. The number of carbonyl (C=O) groups is 1. The summed E-state index contributed by atoms with van der Waals surface area (Å²) in [5.41, 5.74) is 2.50. The summed E-state index contributed by atoms with van der Waals surface area (Å²) >= 11 is 0. The second kappa shape index (κ2) is 9.28. The highest BCUT2D eigenvalue weighted by atomic mass is 32.2. The van der Waals surface area contributed by atoms with Gasteiger partial charge < -0.3 is 14.8 Å². The van der Waals surface area contributed by atoms with Gasteiger partial charge in [-0.15, -0.1) is 0 Å². The van der Waals surface area contributed by atoms with Gasteiger partial charge >= 0.3 is 0 Å². The van der Waals surface area contributed by atoms with Crippen molar-refractivity contribution in [1.29, 1.82) is 0 Å². The van der Waals surface area contributed by atoms with Crippen molar-refractivity contribution in [3.63, 3.8) is 0 Å². The summed E-state index contributed by atoms with van der Waals surface area (Å²) in [5.74, 6) is 0.964. The summed E-state index contributed by atoms with van der Waals surface area (Å²) in [6.07, 6.45) is 1.71. The van der Waals surface area contributed by atoms with Gasteiger partial charge in [0.25, 0.3) is 5.91 Å². The number of amides is 1. The van der Waals surface area contributed by atoms with Crippen LogP contribution >= 0.6 is 0 Å². The van der Waals surface area contributed by atoms with Crippen molar-refractivity contribution < 1.29 is 22.7 Å². The van der Waals surface area contributed by atoms with Gasteiger partial charge in [-0.2, -0.15) is 4.31 Å². The molecule has 0 radical (unpaired) electrons. The van der Waals surface area contributed by atoms with Gasteiger partial charge in [-0.25, -0.2) is 8.42 Å². The molecule has 1 aliphatic rings. The van der Waals surface area contributed by atoms with E-state index in [2.05, 4.69) is 5.32 Å². The van der Waals surface area contributed by atoms with E-state index in [4.69, 9.17) is 9.47 Å². The molecule has 0 spiro atoms. The molecule has 0 aliphatic carbocycles. The van der Waals surface area contributed by atoms with Crippen molar-refractivity contribution in [2.24, 2.45) is 0 Å². The SMILES string of the molecule is COc1ccc(S(=O)(=O)N2CCCC2)cc1NC(=O)c1cc(C(C)C)c(OC)cc1C. The minimum absolute atomic E-state index is 0.139. The van der Waals surface area contributed by atoms with Crippen LogP contribution in [0.4, 0.5) is 5.69 Å². The number of aryl methyl sites for hydroxylation is 1. The maximum atomic E-state index is 13.1. The number of nitrogens with zero attached hydrogens (tertiary/aromatic N) is 1. The summed E-state index contributed by atoms with van der Waals surface area (Å²) in [4.78, 5) is 13.3. The van der Waals surface area contributed by atoms with Gasteiger partial charge in [0.05, 0.1) is 24.8 Å². The van der Waals surface area contributed by atoms with Crippen LogP contribution in [0.2, 0.25) is 0 Å². The molecule has 1 saturated heterocycles. The Labute approximate surface area is 184 Å². The average Bonchev–Trinajstić information content (AvgIpc) is 3.28. The molecule has 2 aromatic carbocycles. The molecule has 7 nitrogen and oxygen atoms in total. The molecule has 168 valence electrons. The van der Waals surface area contributed by atoms with E-state index >= 15 is 0 Å². The average molecular weight is 447 g/mol. The molecule has 0 bridgehead atoms. The zero-order valence-electron chi connectivity index (χ0n) is 18.7. The number of carbonyl (C=O) groups excluding carboxylic acids is 1. The Morgan fingerprint density at radius 1 is 1.03 bits per heavy atom. The minimum atomic E-state index is -3.61. The third-order valence-electron chi connectivity index (χ3n) is 5.57. The molecule has 1 fully saturated rings. The number of hydrogen-bond donors (Lipinski definition) is 1. The number of methoxy groups -OCH3 is 2. The molecule has 8 heteroatoms. The lowest BCUT2D eigenvalue weighted by Gasteiger charge is -2.18. The fourth-order valence-corrected chi connectivity index (χ4v) is 5.33. The fraction of sp³-hybridized carbons (Fsp3) is 0.435. The topological polar surface area (TPSA) is 84.9 Å². The van der Waals surface area contributed by atoms with Crippen molar-refractivity contribution >= 4 is 21.6 Å². The number of benzene rings is 2. The molecule has 1 amide bonds. The monoisotopic (exact) mass is 446 g/mol. The number of sulfonamides is 1. The van der Waals surface area contributed by atoms with Crippen LogP contribution in [0.5, 0.6) is 11.5 Å². The summed E-state index contributed by atoms with van der Waals surface area (Å²) < 4.78 is 38.2. The highest BCUT2D eigenvalue weighted by Crippen LogP contribution is 2.33. The first-order valence-corrected chi connectivity index (χ1v) is 11.8. The molecule has 0 unspecified atom stereocenters. The lowest BCUT2D eigenvalue weighted by molar-refractivity contribution is 0.102. The second-order valence-electron chi connectivity index (χ2n) is 7.99. The van der Waals surface area contributed by atoms with Gasteiger partial charge in [-0.1, -0.05) is 13.8 Å². The van der Waals surface area contributed by atoms with Crippen LogP contribution in [-0.2, 0) is 10.0 Å². The maximum Gasteiger partial charge on any atom is 0.256 e.